The van der Waals surface area contributed by atoms with Crippen molar-refractivity contribution in [2.45, 2.75) is 76.0 Å². The molecule has 1 aliphatic rings. The van der Waals surface area contributed by atoms with Gasteiger partial charge >= 0.3 is 24.1 Å². The van der Waals surface area contributed by atoms with E-state index < -0.39 is 48.9 Å². The van der Waals surface area contributed by atoms with Crippen LogP contribution in [0.25, 0.3) is 11.1 Å². The zero-order valence-corrected chi connectivity index (χ0v) is 24.2. The van der Waals surface area contributed by atoms with Crippen LogP contribution in [0.15, 0.2) is 54.6 Å². The highest BCUT2D eigenvalue weighted by Gasteiger charge is 2.42. The molecule has 0 bridgehead atoms. The Kier molecular flexibility index (Phi) is 13.2. The van der Waals surface area contributed by atoms with E-state index in [1.165, 1.54) is 6.42 Å². The summed E-state index contributed by atoms with van der Waals surface area (Å²) in [4.78, 5) is 60.1. The normalized spacial score (nSPS) is 14.2. The minimum absolute atomic E-state index is 0.107. The van der Waals surface area contributed by atoms with Gasteiger partial charge in [-0.3, -0.25) is 14.4 Å². The molecule has 0 spiro atoms. The van der Waals surface area contributed by atoms with E-state index in [9.17, 15) is 37.1 Å². The molecule has 238 valence electrons. The Morgan fingerprint density at radius 1 is 0.818 bits per heavy atom. The Labute approximate surface area is 253 Å². The van der Waals surface area contributed by atoms with Crippen molar-refractivity contribution < 1.29 is 41.9 Å². The average molecular weight is 619 g/mol. The van der Waals surface area contributed by atoms with Crippen LogP contribution in [0, 0.1) is 0 Å². The summed E-state index contributed by atoms with van der Waals surface area (Å²) in [6.45, 7) is -0.0555. The second kappa shape index (κ2) is 17.0. The van der Waals surface area contributed by atoms with Gasteiger partial charge in [0.1, 0.15) is 0 Å². The molecule has 4 amide bonds. The summed E-state index contributed by atoms with van der Waals surface area (Å²) in [5.41, 5.74) is 2.10. The molecule has 0 heterocycles. The van der Waals surface area contributed by atoms with Gasteiger partial charge in [0.15, 0.2) is 0 Å². The lowest BCUT2D eigenvalue weighted by molar-refractivity contribution is -0.202. The quantitative estimate of drug-likeness (QED) is 0.148. The van der Waals surface area contributed by atoms with Gasteiger partial charge in [0.2, 0.25) is 11.8 Å². The largest absolute Gasteiger partial charge is 0.491 e. The topological polar surface area (TPSA) is 143 Å². The van der Waals surface area contributed by atoms with Crippen LogP contribution in [0.5, 0.6) is 0 Å². The molecule has 2 aromatic carbocycles. The molecule has 0 saturated heterocycles. The van der Waals surface area contributed by atoms with Gasteiger partial charge in [-0.15, -0.1) is 0 Å². The SMILES string of the molecule is O=C(CCCCNC(=O)NC1CCCCC1)NCC(=O)NC(CC(=O)OC(=O)C(F)(F)F)c1ccc(-c2ccccc2)cc1. The van der Waals surface area contributed by atoms with Gasteiger partial charge in [-0.05, 0) is 42.4 Å². The minimum Gasteiger partial charge on any atom is -0.386 e. The number of carbonyl (C=O) groups is 5. The molecule has 4 N–H and O–H groups in total. The number of alkyl halides is 3. The van der Waals surface area contributed by atoms with Gasteiger partial charge < -0.3 is 26.0 Å². The van der Waals surface area contributed by atoms with Crippen molar-refractivity contribution in [3.05, 3.63) is 60.2 Å². The monoisotopic (exact) mass is 618 g/mol. The standard InChI is InChI=1S/C31H37F3N4O6/c32-31(33,34)29(42)44-28(41)19-25(23-16-14-22(15-17-23)21-9-3-1-4-10-21)38-27(40)20-36-26(39)13-7-8-18-35-30(43)37-24-11-5-2-6-12-24/h1,3-4,9-10,14-17,24-25H,2,5-8,11-13,18-20H2,(H,36,39)(H,38,40)(H2,35,37,43). The highest BCUT2D eigenvalue weighted by molar-refractivity contribution is 5.89. The second-order valence-corrected chi connectivity index (χ2v) is 10.5. The molecular weight excluding hydrogens is 581 g/mol. The third kappa shape index (κ3) is 12.1. The van der Waals surface area contributed by atoms with Crippen molar-refractivity contribution in [2.75, 3.05) is 13.1 Å². The molecule has 2 aromatic rings. The zero-order chi connectivity index (χ0) is 32.0. The van der Waals surface area contributed by atoms with Crippen LogP contribution < -0.4 is 21.3 Å². The number of amides is 4. The van der Waals surface area contributed by atoms with Gasteiger partial charge in [0.05, 0.1) is 19.0 Å². The number of hydrogen-bond acceptors (Lipinski definition) is 6. The Morgan fingerprint density at radius 3 is 2.14 bits per heavy atom. The summed E-state index contributed by atoms with van der Waals surface area (Å²) >= 11 is 0. The average Bonchev–Trinajstić information content (AvgIpc) is 3.00. The van der Waals surface area contributed by atoms with E-state index in [-0.39, 0.29) is 18.5 Å². The number of halogens is 3. The summed E-state index contributed by atoms with van der Waals surface area (Å²) in [7, 11) is 0. The summed E-state index contributed by atoms with van der Waals surface area (Å²) < 4.78 is 41.6. The Hall–Kier alpha value is -4.42. The van der Waals surface area contributed by atoms with Crippen LogP contribution in [0.1, 0.15) is 69.4 Å². The predicted molar refractivity (Wildman–Crippen MR) is 155 cm³/mol. The zero-order valence-electron chi connectivity index (χ0n) is 24.2. The Balaban J connectivity index is 1.46. The maximum atomic E-state index is 12.6. The molecule has 44 heavy (non-hydrogen) atoms. The van der Waals surface area contributed by atoms with Gasteiger partial charge in [0.25, 0.3) is 0 Å². The minimum atomic E-state index is -5.35. The Bertz CT molecular complexity index is 1270. The van der Waals surface area contributed by atoms with Crippen LogP contribution in [0.2, 0.25) is 0 Å². The smallest absolute Gasteiger partial charge is 0.386 e. The first-order valence-electron chi connectivity index (χ1n) is 14.6. The van der Waals surface area contributed by atoms with E-state index in [4.69, 9.17) is 0 Å². The number of hydrogen-bond donors (Lipinski definition) is 4. The molecular formula is C31H37F3N4O6. The number of esters is 2. The van der Waals surface area contributed by atoms with E-state index >= 15 is 0 Å². The molecule has 1 saturated carbocycles. The number of carbonyl (C=O) groups excluding carboxylic acids is 5. The lowest BCUT2D eigenvalue weighted by Gasteiger charge is -2.22. The molecule has 13 heteroatoms. The number of ether oxygens (including phenoxy) is 1. The fourth-order valence-corrected chi connectivity index (χ4v) is 4.77. The number of urea groups is 1. The third-order valence-electron chi connectivity index (χ3n) is 7.07. The van der Waals surface area contributed by atoms with Crippen molar-refractivity contribution in [2.24, 2.45) is 0 Å². The first-order chi connectivity index (χ1) is 21.0. The van der Waals surface area contributed by atoms with E-state index in [0.29, 0.717) is 24.9 Å². The number of benzene rings is 2. The van der Waals surface area contributed by atoms with Gasteiger partial charge in [-0.25, -0.2) is 9.59 Å². The van der Waals surface area contributed by atoms with Crippen molar-refractivity contribution in [1.82, 2.24) is 21.3 Å². The molecule has 1 fully saturated rings. The number of nitrogens with one attached hydrogen (secondary N) is 4. The van der Waals surface area contributed by atoms with Crippen molar-refractivity contribution in [1.29, 1.82) is 0 Å². The van der Waals surface area contributed by atoms with Crippen LogP contribution in [-0.2, 0) is 23.9 Å². The lowest BCUT2D eigenvalue weighted by Crippen LogP contribution is -2.43. The van der Waals surface area contributed by atoms with Gasteiger partial charge in [0, 0.05) is 19.0 Å². The fraction of sp³-hybridized carbons (Fsp3) is 0.452. The molecule has 0 aromatic heterocycles. The molecule has 0 aliphatic heterocycles. The Morgan fingerprint density at radius 2 is 1.48 bits per heavy atom. The summed E-state index contributed by atoms with van der Waals surface area (Å²) in [5.74, 6) is -5.24. The van der Waals surface area contributed by atoms with Gasteiger partial charge in [-0.1, -0.05) is 73.9 Å². The molecule has 1 atom stereocenters. The summed E-state index contributed by atoms with van der Waals surface area (Å²) in [6, 6.07) is 14.8. The van der Waals surface area contributed by atoms with E-state index in [1.54, 1.807) is 24.3 Å². The summed E-state index contributed by atoms with van der Waals surface area (Å²) in [5, 5.41) is 10.7. The van der Waals surface area contributed by atoms with Crippen molar-refractivity contribution in [3.8, 4) is 11.1 Å². The number of rotatable bonds is 13. The highest BCUT2D eigenvalue weighted by atomic mass is 19.4. The van der Waals surface area contributed by atoms with Crippen molar-refractivity contribution >= 4 is 29.8 Å². The summed E-state index contributed by atoms with van der Waals surface area (Å²) in [6.07, 6.45) is 0.372. The predicted octanol–water partition coefficient (Wildman–Crippen LogP) is 4.45. The highest BCUT2D eigenvalue weighted by Crippen LogP contribution is 2.25. The van der Waals surface area contributed by atoms with Crippen LogP contribution in [-0.4, -0.2) is 55.1 Å². The van der Waals surface area contributed by atoms with E-state index in [2.05, 4.69) is 26.0 Å². The first kappa shape index (κ1) is 34.1. The van der Waals surface area contributed by atoms with Crippen molar-refractivity contribution in [3.63, 3.8) is 0 Å². The van der Waals surface area contributed by atoms with Crippen LogP contribution >= 0.6 is 0 Å². The molecule has 3 rings (SSSR count). The number of unbranched alkanes of at least 4 members (excludes halogenated alkanes) is 1. The maximum Gasteiger partial charge on any atom is 0.491 e. The van der Waals surface area contributed by atoms with E-state index in [0.717, 1.165) is 36.8 Å². The van der Waals surface area contributed by atoms with Gasteiger partial charge in [-0.2, -0.15) is 13.2 Å². The molecule has 0 radical (unpaired) electrons. The van der Waals surface area contributed by atoms with Crippen LogP contribution in [0.4, 0.5) is 18.0 Å². The third-order valence-corrected chi connectivity index (χ3v) is 7.07. The van der Waals surface area contributed by atoms with E-state index in [1.807, 2.05) is 30.3 Å². The maximum absolute atomic E-state index is 12.6. The second-order valence-electron chi connectivity index (χ2n) is 10.5. The van der Waals surface area contributed by atoms with Crippen LogP contribution in [0.3, 0.4) is 0 Å². The molecule has 1 unspecified atom stereocenters. The molecule has 10 nitrogen and oxygen atoms in total. The fourth-order valence-electron chi connectivity index (χ4n) is 4.77. The first-order valence-corrected chi connectivity index (χ1v) is 14.6. The molecule has 1 aliphatic carbocycles. The lowest BCUT2D eigenvalue weighted by atomic mass is 9.96.